The Bertz CT molecular complexity index is 445. The molecule has 4 heteroatoms. The number of rotatable bonds is 3. The van der Waals surface area contributed by atoms with Crippen molar-refractivity contribution >= 4 is 11.6 Å². The van der Waals surface area contributed by atoms with Crippen molar-refractivity contribution in [2.75, 3.05) is 12.3 Å². The largest absolute Gasteiger partial charge is 0.505 e. The number of para-hydroxylation sites is 1. The van der Waals surface area contributed by atoms with E-state index in [9.17, 15) is 9.90 Å². The number of benzene rings is 1. The second-order valence-electron chi connectivity index (χ2n) is 5.12. The van der Waals surface area contributed by atoms with Crippen LogP contribution in [0.2, 0.25) is 0 Å². The van der Waals surface area contributed by atoms with Gasteiger partial charge < -0.3 is 16.2 Å². The summed E-state index contributed by atoms with van der Waals surface area (Å²) in [6.45, 7) is 2.90. The van der Waals surface area contributed by atoms with E-state index in [0.29, 0.717) is 18.4 Å². The van der Waals surface area contributed by atoms with Crippen LogP contribution in [0.5, 0.6) is 5.75 Å². The van der Waals surface area contributed by atoms with Gasteiger partial charge in [-0.3, -0.25) is 4.79 Å². The first-order valence-corrected chi connectivity index (χ1v) is 6.45. The molecule has 98 valence electrons. The number of amides is 1. The van der Waals surface area contributed by atoms with E-state index in [-0.39, 0.29) is 22.9 Å². The van der Waals surface area contributed by atoms with Crippen LogP contribution in [0.4, 0.5) is 5.69 Å². The molecule has 1 aromatic rings. The predicted molar refractivity (Wildman–Crippen MR) is 71.4 cm³/mol. The van der Waals surface area contributed by atoms with Crippen molar-refractivity contribution < 1.29 is 9.90 Å². The predicted octanol–water partition coefficient (Wildman–Crippen LogP) is 2.14. The van der Waals surface area contributed by atoms with Crippen LogP contribution in [0.15, 0.2) is 18.2 Å². The van der Waals surface area contributed by atoms with Gasteiger partial charge in [0.15, 0.2) is 5.75 Å². The van der Waals surface area contributed by atoms with Crippen molar-refractivity contribution in [2.45, 2.75) is 26.2 Å². The number of nitrogens with two attached hydrogens (primary N) is 1. The van der Waals surface area contributed by atoms with Crippen LogP contribution in [0.3, 0.4) is 0 Å². The second-order valence-corrected chi connectivity index (χ2v) is 5.12. The van der Waals surface area contributed by atoms with Crippen molar-refractivity contribution in [1.29, 1.82) is 0 Å². The number of anilines is 1. The van der Waals surface area contributed by atoms with Crippen molar-refractivity contribution in [3.63, 3.8) is 0 Å². The topological polar surface area (TPSA) is 75.4 Å². The van der Waals surface area contributed by atoms with Crippen molar-refractivity contribution in [3.05, 3.63) is 23.8 Å². The lowest BCUT2D eigenvalue weighted by atomic mass is 9.98. The van der Waals surface area contributed by atoms with Crippen LogP contribution in [-0.4, -0.2) is 17.6 Å². The summed E-state index contributed by atoms with van der Waals surface area (Å²) < 4.78 is 0. The van der Waals surface area contributed by atoms with E-state index in [4.69, 9.17) is 5.73 Å². The number of phenolic OH excluding ortho intramolecular Hbond substituents is 1. The summed E-state index contributed by atoms with van der Waals surface area (Å²) in [6, 6.07) is 4.83. The van der Waals surface area contributed by atoms with Gasteiger partial charge in [-0.1, -0.05) is 25.8 Å². The second kappa shape index (κ2) is 5.29. The maximum atomic E-state index is 12.0. The van der Waals surface area contributed by atoms with Gasteiger partial charge in [-0.05, 0) is 30.4 Å². The van der Waals surface area contributed by atoms with E-state index in [1.54, 1.807) is 18.2 Å². The third kappa shape index (κ3) is 2.58. The van der Waals surface area contributed by atoms with Crippen LogP contribution in [0, 0.1) is 11.8 Å². The molecule has 1 aliphatic rings. The van der Waals surface area contributed by atoms with Crippen molar-refractivity contribution in [1.82, 2.24) is 5.32 Å². The van der Waals surface area contributed by atoms with Crippen LogP contribution < -0.4 is 11.1 Å². The number of hydrogen-bond acceptors (Lipinski definition) is 3. The molecule has 1 fully saturated rings. The average molecular weight is 248 g/mol. The maximum Gasteiger partial charge on any atom is 0.255 e. The summed E-state index contributed by atoms with van der Waals surface area (Å²) in [6.07, 6.45) is 3.65. The van der Waals surface area contributed by atoms with Gasteiger partial charge in [0.1, 0.15) is 0 Å². The lowest BCUT2D eigenvalue weighted by Crippen LogP contribution is -2.30. The Labute approximate surface area is 107 Å². The van der Waals surface area contributed by atoms with Crippen LogP contribution in [0.1, 0.15) is 36.5 Å². The molecular weight excluding hydrogens is 228 g/mol. The van der Waals surface area contributed by atoms with E-state index in [1.165, 1.54) is 19.3 Å². The summed E-state index contributed by atoms with van der Waals surface area (Å²) in [5, 5.41) is 12.6. The van der Waals surface area contributed by atoms with Crippen LogP contribution in [-0.2, 0) is 0 Å². The van der Waals surface area contributed by atoms with Gasteiger partial charge >= 0.3 is 0 Å². The van der Waals surface area contributed by atoms with Gasteiger partial charge in [-0.25, -0.2) is 0 Å². The molecule has 2 atom stereocenters. The molecule has 4 N–H and O–H groups in total. The number of nitrogen functional groups attached to an aromatic ring is 1. The normalized spacial score (nSPS) is 22.9. The molecule has 2 unspecified atom stereocenters. The first-order valence-electron chi connectivity index (χ1n) is 6.45. The maximum absolute atomic E-state index is 12.0. The Kier molecular flexibility index (Phi) is 3.75. The first kappa shape index (κ1) is 12.7. The number of carbonyl (C=O) groups excluding carboxylic acids is 1. The minimum atomic E-state index is -0.251. The zero-order valence-electron chi connectivity index (χ0n) is 10.6. The Morgan fingerprint density at radius 1 is 1.50 bits per heavy atom. The van der Waals surface area contributed by atoms with Gasteiger partial charge in [0, 0.05) is 6.54 Å². The number of nitrogens with one attached hydrogen (secondary N) is 1. The molecule has 1 saturated carbocycles. The molecule has 1 aromatic carbocycles. The highest BCUT2D eigenvalue weighted by molar-refractivity contribution is 5.98. The summed E-state index contributed by atoms with van der Waals surface area (Å²) in [5.41, 5.74) is 6.05. The third-order valence-electron chi connectivity index (χ3n) is 3.88. The average Bonchev–Trinajstić information content (AvgIpc) is 2.75. The van der Waals surface area contributed by atoms with Gasteiger partial charge in [0.25, 0.3) is 5.91 Å². The van der Waals surface area contributed by atoms with Crippen molar-refractivity contribution in [3.8, 4) is 5.75 Å². The quantitative estimate of drug-likeness (QED) is 0.566. The molecule has 0 bridgehead atoms. The molecule has 4 nitrogen and oxygen atoms in total. The molecule has 2 rings (SSSR count). The molecule has 1 amide bonds. The number of aromatic hydroxyl groups is 1. The Balaban J connectivity index is 1.97. The molecule has 18 heavy (non-hydrogen) atoms. The Hall–Kier alpha value is -1.71. The molecule has 0 aliphatic heterocycles. The SMILES string of the molecule is CC1CCCC1CNC(=O)c1cccc(N)c1O. The lowest BCUT2D eigenvalue weighted by Gasteiger charge is -2.16. The zero-order valence-corrected chi connectivity index (χ0v) is 10.6. The minimum absolute atomic E-state index is 0.130. The fraction of sp³-hybridized carbons (Fsp3) is 0.500. The first-order chi connectivity index (χ1) is 8.59. The summed E-state index contributed by atoms with van der Waals surface area (Å²) >= 11 is 0. The fourth-order valence-corrected chi connectivity index (χ4v) is 2.59. The fourth-order valence-electron chi connectivity index (χ4n) is 2.59. The van der Waals surface area contributed by atoms with Gasteiger partial charge in [-0.2, -0.15) is 0 Å². The zero-order chi connectivity index (χ0) is 13.1. The number of carbonyl (C=O) groups is 1. The van der Waals surface area contributed by atoms with Crippen LogP contribution >= 0.6 is 0 Å². The third-order valence-corrected chi connectivity index (χ3v) is 3.88. The number of hydrogen-bond donors (Lipinski definition) is 3. The number of phenols is 1. The monoisotopic (exact) mass is 248 g/mol. The standard InChI is InChI=1S/C14H20N2O2/c1-9-4-2-5-10(9)8-16-14(18)11-6-3-7-12(15)13(11)17/h3,6-7,9-10,17H,2,4-5,8,15H2,1H3,(H,16,18). The van der Waals surface area contributed by atoms with Gasteiger partial charge in [-0.15, -0.1) is 0 Å². The summed E-state index contributed by atoms with van der Waals surface area (Å²) in [7, 11) is 0. The van der Waals surface area contributed by atoms with Crippen LogP contribution in [0.25, 0.3) is 0 Å². The molecular formula is C14H20N2O2. The molecule has 0 aromatic heterocycles. The molecule has 0 heterocycles. The van der Waals surface area contributed by atoms with Gasteiger partial charge in [0.05, 0.1) is 11.3 Å². The van der Waals surface area contributed by atoms with E-state index in [1.807, 2.05) is 0 Å². The molecule has 1 aliphatic carbocycles. The Morgan fingerprint density at radius 3 is 2.94 bits per heavy atom. The van der Waals surface area contributed by atoms with E-state index < -0.39 is 0 Å². The highest BCUT2D eigenvalue weighted by Gasteiger charge is 2.24. The van der Waals surface area contributed by atoms with Gasteiger partial charge in [0.2, 0.25) is 0 Å². The summed E-state index contributed by atoms with van der Waals surface area (Å²) in [5.74, 6) is 0.838. The molecule has 0 radical (unpaired) electrons. The Morgan fingerprint density at radius 2 is 2.28 bits per heavy atom. The molecule has 0 saturated heterocycles. The van der Waals surface area contributed by atoms with E-state index >= 15 is 0 Å². The van der Waals surface area contributed by atoms with E-state index in [2.05, 4.69) is 12.2 Å². The highest BCUT2D eigenvalue weighted by atomic mass is 16.3. The highest BCUT2D eigenvalue weighted by Crippen LogP contribution is 2.30. The lowest BCUT2D eigenvalue weighted by molar-refractivity contribution is 0.0942. The molecule has 0 spiro atoms. The van der Waals surface area contributed by atoms with Crippen molar-refractivity contribution in [2.24, 2.45) is 11.8 Å². The minimum Gasteiger partial charge on any atom is -0.505 e. The summed E-state index contributed by atoms with van der Waals surface area (Å²) in [4.78, 5) is 12.0. The smallest absolute Gasteiger partial charge is 0.255 e. The van der Waals surface area contributed by atoms with E-state index in [0.717, 1.165) is 0 Å².